The maximum Gasteiger partial charge on any atom is 0.287 e. The van der Waals surface area contributed by atoms with Crippen molar-refractivity contribution in [2.45, 2.75) is 13.8 Å². The number of aryl methyl sites for hydroxylation is 1. The molecule has 5 nitrogen and oxygen atoms in total. The lowest BCUT2D eigenvalue weighted by Gasteiger charge is -2.04. The van der Waals surface area contributed by atoms with E-state index in [4.69, 9.17) is 4.42 Å². The molecule has 1 aromatic rings. The fourth-order valence-corrected chi connectivity index (χ4v) is 1.10. The molecule has 15 heavy (non-hydrogen) atoms. The molecule has 0 aliphatic carbocycles. The molecule has 0 spiro atoms. The Morgan fingerprint density at radius 3 is 2.53 bits per heavy atom. The maximum absolute atomic E-state index is 11.5. The van der Waals surface area contributed by atoms with Crippen LogP contribution in [0, 0.1) is 6.92 Å². The summed E-state index contributed by atoms with van der Waals surface area (Å²) in [5.41, 5.74) is 0.798. The molecular formula is C10H14N2O3. The third kappa shape index (κ3) is 3.46. The molecule has 1 rings (SSSR count). The molecule has 0 atom stereocenters. The largest absolute Gasteiger partial charge is 0.459 e. The summed E-state index contributed by atoms with van der Waals surface area (Å²) in [6.45, 7) is 4.03. The highest BCUT2D eigenvalue weighted by Crippen LogP contribution is 2.07. The summed E-state index contributed by atoms with van der Waals surface area (Å²) in [4.78, 5) is 22.0. The minimum absolute atomic E-state index is 0.113. The molecule has 0 radical (unpaired) electrons. The highest BCUT2D eigenvalue weighted by molar-refractivity contribution is 5.92. The summed E-state index contributed by atoms with van der Waals surface area (Å²) in [5, 5.41) is 5.21. The van der Waals surface area contributed by atoms with Crippen LogP contribution in [0.15, 0.2) is 16.7 Å². The zero-order valence-electron chi connectivity index (χ0n) is 8.79. The first-order valence-electron chi connectivity index (χ1n) is 4.68. The van der Waals surface area contributed by atoms with Gasteiger partial charge in [-0.3, -0.25) is 9.59 Å². The molecule has 82 valence electrons. The zero-order valence-corrected chi connectivity index (χ0v) is 8.79. The summed E-state index contributed by atoms with van der Waals surface area (Å²) in [7, 11) is 0. The second-order valence-corrected chi connectivity index (χ2v) is 3.17. The number of furan rings is 1. The van der Waals surface area contributed by atoms with E-state index in [1.54, 1.807) is 13.0 Å². The van der Waals surface area contributed by atoms with Gasteiger partial charge in [-0.1, -0.05) is 0 Å². The predicted molar refractivity (Wildman–Crippen MR) is 54.5 cm³/mol. The Labute approximate surface area is 87.8 Å². The van der Waals surface area contributed by atoms with E-state index in [1.165, 1.54) is 13.2 Å². The summed E-state index contributed by atoms with van der Waals surface area (Å²) in [6.07, 6.45) is 1.47. The van der Waals surface area contributed by atoms with Crippen molar-refractivity contribution < 1.29 is 14.0 Å². The first-order chi connectivity index (χ1) is 7.11. The SMILES string of the molecule is CC(=O)NCCNC(=O)c1occc1C. The summed E-state index contributed by atoms with van der Waals surface area (Å²) in [6, 6.07) is 1.72. The Hall–Kier alpha value is -1.78. The molecule has 0 saturated carbocycles. The minimum Gasteiger partial charge on any atom is -0.459 e. The lowest BCUT2D eigenvalue weighted by molar-refractivity contribution is -0.118. The van der Waals surface area contributed by atoms with E-state index in [2.05, 4.69) is 10.6 Å². The van der Waals surface area contributed by atoms with Gasteiger partial charge in [0.25, 0.3) is 5.91 Å². The van der Waals surface area contributed by atoms with Gasteiger partial charge in [-0.25, -0.2) is 0 Å². The number of hydrogen-bond donors (Lipinski definition) is 2. The van der Waals surface area contributed by atoms with Crippen molar-refractivity contribution in [1.82, 2.24) is 10.6 Å². The standard InChI is InChI=1S/C10H14N2O3/c1-7-3-6-15-9(7)10(14)12-5-4-11-8(2)13/h3,6H,4-5H2,1-2H3,(H,11,13)(H,12,14). The summed E-state index contributed by atoms with van der Waals surface area (Å²) < 4.78 is 5.00. The van der Waals surface area contributed by atoms with E-state index in [0.717, 1.165) is 5.56 Å². The number of hydrogen-bond acceptors (Lipinski definition) is 3. The number of rotatable bonds is 4. The fraction of sp³-hybridized carbons (Fsp3) is 0.400. The zero-order chi connectivity index (χ0) is 11.3. The van der Waals surface area contributed by atoms with Gasteiger partial charge in [-0.05, 0) is 13.0 Å². The first kappa shape index (κ1) is 11.3. The average molecular weight is 210 g/mol. The quantitative estimate of drug-likeness (QED) is 0.709. The van der Waals surface area contributed by atoms with Crippen LogP contribution in [0.25, 0.3) is 0 Å². The van der Waals surface area contributed by atoms with Crippen molar-refractivity contribution in [3.05, 3.63) is 23.7 Å². The molecule has 1 aromatic heterocycles. The second kappa shape index (κ2) is 5.19. The summed E-state index contributed by atoms with van der Waals surface area (Å²) in [5.74, 6) is -0.0564. The van der Waals surface area contributed by atoms with E-state index in [9.17, 15) is 9.59 Å². The lowest BCUT2D eigenvalue weighted by atomic mass is 10.3. The van der Waals surface area contributed by atoms with Gasteiger partial charge in [0.2, 0.25) is 5.91 Å². The molecule has 0 aliphatic heterocycles. The number of carbonyl (C=O) groups excluding carboxylic acids is 2. The van der Waals surface area contributed by atoms with Crippen LogP contribution in [0.1, 0.15) is 23.0 Å². The van der Waals surface area contributed by atoms with Crippen molar-refractivity contribution in [1.29, 1.82) is 0 Å². The van der Waals surface area contributed by atoms with E-state index >= 15 is 0 Å². The first-order valence-corrected chi connectivity index (χ1v) is 4.68. The molecule has 0 aliphatic rings. The Balaban J connectivity index is 2.31. The van der Waals surface area contributed by atoms with Crippen LogP contribution in [0.4, 0.5) is 0 Å². The third-order valence-corrected chi connectivity index (χ3v) is 1.85. The van der Waals surface area contributed by atoms with E-state index in [0.29, 0.717) is 18.8 Å². The molecule has 2 N–H and O–H groups in total. The smallest absolute Gasteiger partial charge is 0.287 e. The van der Waals surface area contributed by atoms with Crippen LogP contribution in [0.3, 0.4) is 0 Å². The van der Waals surface area contributed by atoms with Crippen LogP contribution >= 0.6 is 0 Å². The lowest BCUT2D eigenvalue weighted by Crippen LogP contribution is -2.33. The van der Waals surface area contributed by atoms with Crippen molar-refractivity contribution in [3.8, 4) is 0 Å². The number of amides is 2. The van der Waals surface area contributed by atoms with Crippen molar-refractivity contribution in [2.24, 2.45) is 0 Å². The second-order valence-electron chi connectivity index (χ2n) is 3.17. The molecule has 0 aromatic carbocycles. The highest BCUT2D eigenvalue weighted by atomic mass is 16.3. The summed E-state index contributed by atoms with van der Waals surface area (Å²) >= 11 is 0. The normalized spacial score (nSPS) is 9.73. The molecule has 0 bridgehead atoms. The van der Waals surface area contributed by atoms with E-state index in [1.807, 2.05) is 0 Å². The molecule has 2 amide bonds. The maximum atomic E-state index is 11.5. The Bertz CT molecular complexity index is 357. The number of nitrogens with one attached hydrogen (secondary N) is 2. The third-order valence-electron chi connectivity index (χ3n) is 1.85. The van der Waals surface area contributed by atoms with Crippen molar-refractivity contribution >= 4 is 11.8 Å². The minimum atomic E-state index is -0.261. The van der Waals surface area contributed by atoms with Crippen molar-refractivity contribution in [3.63, 3.8) is 0 Å². The van der Waals surface area contributed by atoms with E-state index in [-0.39, 0.29) is 11.8 Å². The van der Waals surface area contributed by atoms with Gasteiger partial charge in [-0.2, -0.15) is 0 Å². The molecule has 0 fully saturated rings. The monoisotopic (exact) mass is 210 g/mol. The van der Waals surface area contributed by atoms with Gasteiger partial charge in [0.1, 0.15) is 0 Å². The van der Waals surface area contributed by atoms with Crippen LogP contribution in [0.5, 0.6) is 0 Å². The van der Waals surface area contributed by atoms with Crippen LogP contribution in [0.2, 0.25) is 0 Å². The highest BCUT2D eigenvalue weighted by Gasteiger charge is 2.11. The van der Waals surface area contributed by atoms with Gasteiger partial charge in [-0.15, -0.1) is 0 Å². The van der Waals surface area contributed by atoms with Crippen molar-refractivity contribution in [2.75, 3.05) is 13.1 Å². The van der Waals surface area contributed by atoms with Gasteiger partial charge in [0.15, 0.2) is 5.76 Å². The van der Waals surface area contributed by atoms with Crippen LogP contribution in [-0.2, 0) is 4.79 Å². The average Bonchev–Trinajstić information content (AvgIpc) is 2.58. The van der Waals surface area contributed by atoms with Crippen LogP contribution in [-0.4, -0.2) is 24.9 Å². The van der Waals surface area contributed by atoms with E-state index < -0.39 is 0 Å². The Morgan fingerprint density at radius 2 is 2.00 bits per heavy atom. The predicted octanol–water partition coefficient (Wildman–Crippen LogP) is 0.454. The fourth-order valence-electron chi connectivity index (χ4n) is 1.10. The van der Waals surface area contributed by atoms with Gasteiger partial charge >= 0.3 is 0 Å². The van der Waals surface area contributed by atoms with Gasteiger partial charge in [0, 0.05) is 25.6 Å². The Morgan fingerprint density at radius 1 is 1.33 bits per heavy atom. The van der Waals surface area contributed by atoms with Gasteiger partial charge in [0.05, 0.1) is 6.26 Å². The van der Waals surface area contributed by atoms with Gasteiger partial charge < -0.3 is 15.1 Å². The molecule has 0 unspecified atom stereocenters. The number of carbonyl (C=O) groups is 2. The molecule has 1 heterocycles. The molecule has 5 heteroatoms. The van der Waals surface area contributed by atoms with Crippen LogP contribution < -0.4 is 10.6 Å². The molecular weight excluding hydrogens is 196 g/mol. The Kier molecular flexibility index (Phi) is 3.91. The molecule has 0 saturated heterocycles. The topological polar surface area (TPSA) is 71.3 Å².